The average Bonchev–Trinajstić information content (AvgIpc) is 3.69. The van der Waals surface area contributed by atoms with Crippen molar-refractivity contribution in [3.05, 3.63) is 164 Å². The molecule has 0 fully saturated rings. The number of aromatic nitrogens is 3. The first-order chi connectivity index (χ1) is 22.8. The Kier molecular flexibility index (Phi) is 5.28. The lowest BCUT2D eigenvalue weighted by Gasteiger charge is -2.14. The standard InChI is InChI=1S/C43H27N3/c1-3-13-28(14-4-1)30-25-31(29-15-5-2-6-16-29)27-32(26-30)45-38-21-11-8-18-35(38)41-40(45)24-23-34-33-17-7-10-20-37(33)46-39-22-12-9-19-36(39)44-43(46)42(34)41/h1-27H. The first-order valence-electron chi connectivity index (χ1n) is 15.7. The monoisotopic (exact) mass is 585 g/mol. The molecule has 3 nitrogen and oxygen atoms in total. The lowest BCUT2D eigenvalue weighted by atomic mass is 9.98. The second kappa shape index (κ2) is 9.65. The van der Waals surface area contributed by atoms with Crippen molar-refractivity contribution in [1.82, 2.24) is 14.0 Å². The van der Waals surface area contributed by atoms with Crippen molar-refractivity contribution in [2.75, 3.05) is 0 Å². The number of benzene rings is 7. The number of imidazole rings is 1. The number of rotatable bonds is 3. The molecule has 0 aliphatic heterocycles. The van der Waals surface area contributed by atoms with Crippen molar-refractivity contribution in [3.63, 3.8) is 0 Å². The summed E-state index contributed by atoms with van der Waals surface area (Å²) in [5.41, 5.74) is 12.6. The van der Waals surface area contributed by atoms with E-state index in [9.17, 15) is 0 Å². The molecule has 3 heteroatoms. The Bertz CT molecular complexity index is 2730. The molecule has 0 N–H and O–H groups in total. The zero-order valence-corrected chi connectivity index (χ0v) is 24.9. The SMILES string of the molecule is c1ccc(-c2cc(-c3ccccc3)cc(-n3c4ccccc4c4c5c(ccc43)c3ccccc3n3c4ccccc4nc53)c2)cc1. The number of hydrogen-bond donors (Lipinski definition) is 0. The Hall–Kier alpha value is -6.19. The van der Waals surface area contributed by atoms with Gasteiger partial charge in [0.1, 0.15) is 5.65 Å². The van der Waals surface area contributed by atoms with Crippen molar-refractivity contribution < 1.29 is 0 Å². The molecule has 46 heavy (non-hydrogen) atoms. The lowest BCUT2D eigenvalue weighted by Crippen LogP contribution is -1.96. The Labute approximate surface area is 265 Å². The molecule has 3 heterocycles. The third kappa shape index (κ3) is 3.57. The Morgan fingerprint density at radius 3 is 1.67 bits per heavy atom. The van der Waals surface area contributed by atoms with Gasteiger partial charge >= 0.3 is 0 Å². The van der Waals surface area contributed by atoms with Crippen molar-refractivity contribution in [1.29, 1.82) is 0 Å². The molecule has 0 saturated heterocycles. The van der Waals surface area contributed by atoms with Crippen LogP contribution in [0.4, 0.5) is 0 Å². The fourth-order valence-corrected chi connectivity index (χ4v) is 7.46. The van der Waals surface area contributed by atoms with Crippen LogP contribution in [-0.4, -0.2) is 14.0 Å². The molecule has 10 rings (SSSR count). The summed E-state index contributed by atoms with van der Waals surface area (Å²) in [5.74, 6) is 0. The molecule has 10 aromatic rings. The van der Waals surface area contributed by atoms with Crippen LogP contribution in [0.2, 0.25) is 0 Å². The van der Waals surface area contributed by atoms with Gasteiger partial charge in [0.25, 0.3) is 0 Å². The van der Waals surface area contributed by atoms with Crippen LogP contribution in [0.25, 0.3) is 88.1 Å². The van der Waals surface area contributed by atoms with Crippen LogP contribution < -0.4 is 0 Å². The minimum Gasteiger partial charge on any atom is -0.309 e. The highest BCUT2D eigenvalue weighted by molar-refractivity contribution is 6.29. The van der Waals surface area contributed by atoms with E-state index >= 15 is 0 Å². The largest absolute Gasteiger partial charge is 0.309 e. The Morgan fingerprint density at radius 1 is 0.370 bits per heavy atom. The first kappa shape index (κ1) is 25.2. The predicted octanol–water partition coefficient (Wildman–Crippen LogP) is 11.2. The van der Waals surface area contributed by atoms with Gasteiger partial charge < -0.3 is 4.57 Å². The third-order valence-electron chi connectivity index (χ3n) is 9.45. The highest BCUT2D eigenvalue weighted by atomic mass is 15.0. The molecule has 0 atom stereocenters. The highest BCUT2D eigenvalue weighted by Crippen LogP contribution is 2.42. The summed E-state index contributed by atoms with van der Waals surface area (Å²) in [4.78, 5) is 5.29. The molecule has 0 radical (unpaired) electrons. The molecule has 214 valence electrons. The number of para-hydroxylation sites is 4. The van der Waals surface area contributed by atoms with Gasteiger partial charge in [-0.05, 0) is 76.2 Å². The minimum atomic E-state index is 0.992. The average molecular weight is 586 g/mol. The Balaban J connectivity index is 1.38. The van der Waals surface area contributed by atoms with Gasteiger partial charge in [0, 0.05) is 27.2 Å². The van der Waals surface area contributed by atoms with E-state index in [1.807, 2.05) is 0 Å². The number of hydrogen-bond acceptors (Lipinski definition) is 1. The maximum Gasteiger partial charge on any atom is 0.147 e. The van der Waals surface area contributed by atoms with Crippen LogP contribution in [0.15, 0.2) is 164 Å². The second-order valence-electron chi connectivity index (χ2n) is 12.0. The van der Waals surface area contributed by atoms with Gasteiger partial charge in [-0.2, -0.15) is 0 Å². The third-order valence-corrected chi connectivity index (χ3v) is 9.45. The first-order valence-corrected chi connectivity index (χ1v) is 15.7. The summed E-state index contributed by atoms with van der Waals surface area (Å²) >= 11 is 0. The van der Waals surface area contributed by atoms with E-state index in [0.717, 1.165) is 22.4 Å². The molecule has 3 aromatic heterocycles. The van der Waals surface area contributed by atoms with E-state index < -0.39 is 0 Å². The summed E-state index contributed by atoms with van der Waals surface area (Å²) in [6.45, 7) is 0. The van der Waals surface area contributed by atoms with Gasteiger partial charge in [0.05, 0.1) is 27.6 Å². The summed E-state index contributed by atoms with van der Waals surface area (Å²) in [5, 5.41) is 6.08. The predicted molar refractivity (Wildman–Crippen MR) is 193 cm³/mol. The van der Waals surface area contributed by atoms with Crippen LogP contribution in [0.3, 0.4) is 0 Å². The van der Waals surface area contributed by atoms with Gasteiger partial charge in [0.15, 0.2) is 0 Å². The number of pyridine rings is 1. The molecule has 0 spiro atoms. The maximum absolute atomic E-state index is 5.29. The van der Waals surface area contributed by atoms with Gasteiger partial charge in [0.2, 0.25) is 0 Å². The van der Waals surface area contributed by atoms with Crippen molar-refractivity contribution >= 4 is 60.2 Å². The number of fused-ring (bicyclic) bond motifs is 12. The van der Waals surface area contributed by atoms with E-state index in [1.165, 1.54) is 65.7 Å². The van der Waals surface area contributed by atoms with Crippen LogP contribution in [-0.2, 0) is 0 Å². The van der Waals surface area contributed by atoms with E-state index in [0.29, 0.717) is 0 Å². The molecule has 0 unspecified atom stereocenters. The van der Waals surface area contributed by atoms with E-state index in [-0.39, 0.29) is 0 Å². The van der Waals surface area contributed by atoms with Crippen LogP contribution in [0, 0.1) is 0 Å². The van der Waals surface area contributed by atoms with E-state index in [4.69, 9.17) is 4.98 Å². The van der Waals surface area contributed by atoms with E-state index in [1.54, 1.807) is 0 Å². The zero-order valence-electron chi connectivity index (χ0n) is 24.9. The molecule has 0 saturated carbocycles. The minimum absolute atomic E-state index is 0.992. The highest BCUT2D eigenvalue weighted by Gasteiger charge is 2.21. The molecular weight excluding hydrogens is 558 g/mol. The van der Waals surface area contributed by atoms with Crippen LogP contribution in [0.5, 0.6) is 0 Å². The molecule has 0 bridgehead atoms. The van der Waals surface area contributed by atoms with Gasteiger partial charge in [-0.25, -0.2) is 4.98 Å². The molecule has 0 aliphatic rings. The summed E-state index contributed by atoms with van der Waals surface area (Å²) in [6, 6.07) is 58.9. The quantitative estimate of drug-likeness (QED) is 0.189. The molecule has 7 aromatic carbocycles. The number of nitrogens with zero attached hydrogens (tertiary/aromatic N) is 3. The summed E-state index contributed by atoms with van der Waals surface area (Å²) in [7, 11) is 0. The second-order valence-corrected chi connectivity index (χ2v) is 12.0. The summed E-state index contributed by atoms with van der Waals surface area (Å²) in [6.07, 6.45) is 0. The molecule has 0 amide bonds. The van der Waals surface area contributed by atoms with Crippen molar-refractivity contribution in [2.24, 2.45) is 0 Å². The van der Waals surface area contributed by atoms with Crippen molar-refractivity contribution in [3.8, 4) is 27.9 Å². The van der Waals surface area contributed by atoms with Gasteiger partial charge in [-0.1, -0.05) is 115 Å². The van der Waals surface area contributed by atoms with E-state index in [2.05, 4.69) is 173 Å². The maximum atomic E-state index is 5.29. The Morgan fingerprint density at radius 2 is 0.957 bits per heavy atom. The lowest BCUT2D eigenvalue weighted by molar-refractivity contribution is 1.18. The zero-order chi connectivity index (χ0) is 30.2. The normalized spacial score (nSPS) is 11.9. The molecule has 0 aliphatic carbocycles. The molecular formula is C43H27N3. The van der Waals surface area contributed by atoms with Crippen LogP contribution in [0.1, 0.15) is 0 Å². The van der Waals surface area contributed by atoms with Gasteiger partial charge in [-0.15, -0.1) is 0 Å². The van der Waals surface area contributed by atoms with Gasteiger partial charge in [-0.3, -0.25) is 4.40 Å². The summed E-state index contributed by atoms with van der Waals surface area (Å²) < 4.78 is 4.79. The fourth-order valence-electron chi connectivity index (χ4n) is 7.46. The topological polar surface area (TPSA) is 22.2 Å². The van der Waals surface area contributed by atoms with Crippen LogP contribution >= 0.6 is 0 Å². The fraction of sp³-hybridized carbons (Fsp3) is 0. The van der Waals surface area contributed by atoms with Crippen molar-refractivity contribution in [2.45, 2.75) is 0 Å². The smallest absolute Gasteiger partial charge is 0.147 e.